The number of hydrogen-bond donors (Lipinski definition) is 1. The molecule has 0 atom stereocenters. The highest BCUT2D eigenvalue weighted by Gasteiger charge is 2.22. The van der Waals surface area contributed by atoms with Gasteiger partial charge in [-0.15, -0.1) is 0 Å². The number of urea groups is 1. The van der Waals surface area contributed by atoms with Crippen LogP contribution < -0.4 is 10.1 Å². The summed E-state index contributed by atoms with van der Waals surface area (Å²) < 4.78 is 18.9. The lowest BCUT2D eigenvalue weighted by Crippen LogP contribution is -2.39. The molecule has 1 heterocycles. The highest BCUT2D eigenvalue weighted by molar-refractivity contribution is 6.30. The maximum absolute atomic E-state index is 13.5. The standard InChI is InChI=1S/C21H23ClFN3O3/c22-16-5-3-6-17(15-16)24-21(28)26-11-4-10-25(12-13-26)20(27)9-14-29-19-8-2-1-7-18(19)23/h1-3,5-8,15H,4,9-14H2,(H,24,28). The van der Waals surface area contributed by atoms with Gasteiger partial charge in [-0.25, -0.2) is 9.18 Å². The van der Waals surface area contributed by atoms with Crippen LogP contribution in [0.4, 0.5) is 14.9 Å². The Bertz CT molecular complexity index is 865. The highest BCUT2D eigenvalue weighted by atomic mass is 35.5. The average Bonchev–Trinajstić information content (AvgIpc) is 2.96. The van der Waals surface area contributed by atoms with Gasteiger partial charge in [0.1, 0.15) is 0 Å². The normalized spacial score (nSPS) is 14.3. The molecule has 0 radical (unpaired) electrons. The number of benzene rings is 2. The Morgan fingerprint density at radius 3 is 2.59 bits per heavy atom. The lowest BCUT2D eigenvalue weighted by Gasteiger charge is -2.22. The third-order valence-corrected chi connectivity index (χ3v) is 4.86. The third kappa shape index (κ3) is 6.09. The van der Waals surface area contributed by atoms with E-state index in [1.54, 1.807) is 46.2 Å². The first-order valence-electron chi connectivity index (χ1n) is 9.49. The molecule has 2 aromatic carbocycles. The largest absolute Gasteiger partial charge is 0.490 e. The fourth-order valence-corrected chi connectivity index (χ4v) is 3.30. The first kappa shape index (κ1) is 20.9. The zero-order valence-corrected chi connectivity index (χ0v) is 16.7. The number of anilines is 1. The molecule has 0 spiro atoms. The number of rotatable bonds is 5. The van der Waals surface area contributed by atoms with Crippen LogP contribution in [0.2, 0.25) is 5.02 Å². The topological polar surface area (TPSA) is 61.9 Å². The predicted molar refractivity (Wildman–Crippen MR) is 110 cm³/mol. The Hall–Kier alpha value is -2.80. The van der Waals surface area contributed by atoms with Crippen molar-refractivity contribution < 1.29 is 18.7 Å². The fraction of sp³-hybridized carbons (Fsp3) is 0.333. The van der Waals surface area contributed by atoms with Gasteiger partial charge in [0.2, 0.25) is 5.91 Å². The molecular weight excluding hydrogens is 397 g/mol. The van der Waals surface area contributed by atoms with Gasteiger partial charge in [0.25, 0.3) is 0 Å². The second-order valence-corrected chi connectivity index (χ2v) is 7.13. The molecule has 0 bridgehead atoms. The van der Waals surface area contributed by atoms with Crippen molar-refractivity contribution in [2.24, 2.45) is 0 Å². The van der Waals surface area contributed by atoms with Crippen LogP contribution in [-0.4, -0.2) is 54.5 Å². The maximum atomic E-state index is 13.5. The fourth-order valence-electron chi connectivity index (χ4n) is 3.11. The van der Waals surface area contributed by atoms with E-state index in [1.807, 2.05) is 0 Å². The zero-order valence-electron chi connectivity index (χ0n) is 15.9. The molecule has 0 aromatic heterocycles. The highest BCUT2D eigenvalue weighted by Crippen LogP contribution is 2.17. The summed E-state index contributed by atoms with van der Waals surface area (Å²) in [7, 11) is 0. The van der Waals surface area contributed by atoms with E-state index in [9.17, 15) is 14.0 Å². The van der Waals surface area contributed by atoms with Gasteiger partial charge in [0.05, 0.1) is 13.0 Å². The van der Waals surface area contributed by atoms with Crippen LogP contribution >= 0.6 is 11.6 Å². The number of ether oxygens (including phenoxy) is 1. The Morgan fingerprint density at radius 2 is 1.79 bits per heavy atom. The van der Waals surface area contributed by atoms with Crippen molar-refractivity contribution >= 4 is 29.2 Å². The maximum Gasteiger partial charge on any atom is 0.321 e. The van der Waals surface area contributed by atoms with Crippen molar-refractivity contribution in [2.75, 3.05) is 38.1 Å². The summed E-state index contributed by atoms with van der Waals surface area (Å²) in [5.41, 5.74) is 0.630. The zero-order chi connectivity index (χ0) is 20.6. The summed E-state index contributed by atoms with van der Waals surface area (Å²) in [6, 6.07) is 12.8. The first-order chi connectivity index (χ1) is 14.0. The van der Waals surface area contributed by atoms with E-state index in [1.165, 1.54) is 12.1 Å². The average molecular weight is 420 g/mol. The minimum Gasteiger partial charge on any atom is -0.490 e. The molecule has 8 heteroatoms. The SMILES string of the molecule is O=C(CCOc1ccccc1F)N1CCCN(C(=O)Nc2cccc(Cl)c2)CC1. The number of carbonyl (C=O) groups is 2. The van der Waals surface area contributed by atoms with E-state index in [0.29, 0.717) is 43.3 Å². The lowest BCUT2D eigenvalue weighted by molar-refractivity contribution is -0.131. The van der Waals surface area contributed by atoms with E-state index < -0.39 is 5.82 Å². The van der Waals surface area contributed by atoms with Gasteiger partial charge in [0, 0.05) is 36.9 Å². The third-order valence-electron chi connectivity index (χ3n) is 4.62. The second-order valence-electron chi connectivity index (χ2n) is 6.69. The molecule has 2 aromatic rings. The quantitative estimate of drug-likeness (QED) is 0.796. The van der Waals surface area contributed by atoms with Gasteiger partial charge >= 0.3 is 6.03 Å². The van der Waals surface area contributed by atoms with Crippen molar-refractivity contribution in [3.05, 3.63) is 59.4 Å². The van der Waals surface area contributed by atoms with E-state index >= 15 is 0 Å². The van der Waals surface area contributed by atoms with E-state index in [-0.39, 0.29) is 30.7 Å². The second kappa shape index (κ2) is 10.1. The molecule has 3 rings (SSSR count). The van der Waals surface area contributed by atoms with Crippen molar-refractivity contribution in [3.8, 4) is 5.75 Å². The minimum absolute atomic E-state index is 0.0709. The molecule has 1 fully saturated rings. The summed E-state index contributed by atoms with van der Waals surface area (Å²) in [6.07, 6.45) is 0.839. The number of amides is 3. The molecule has 1 N–H and O–H groups in total. The van der Waals surface area contributed by atoms with E-state index in [4.69, 9.17) is 16.3 Å². The van der Waals surface area contributed by atoms with Crippen molar-refractivity contribution in [2.45, 2.75) is 12.8 Å². The number of para-hydroxylation sites is 1. The van der Waals surface area contributed by atoms with Gasteiger partial charge in [0.15, 0.2) is 11.6 Å². The molecule has 1 aliphatic heterocycles. The summed E-state index contributed by atoms with van der Waals surface area (Å²) in [5.74, 6) is -0.380. The summed E-state index contributed by atoms with van der Waals surface area (Å²) >= 11 is 5.94. The Balaban J connectivity index is 1.45. The molecule has 29 heavy (non-hydrogen) atoms. The molecule has 0 aliphatic carbocycles. The Labute approximate surface area is 174 Å². The number of nitrogens with zero attached hydrogens (tertiary/aromatic N) is 2. The molecule has 3 amide bonds. The molecule has 0 unspecified atom stereocenters. The smallest absolute Gasteiger partial charge is 0.321 e. The number of carbonyl (C=O) groups excluding carboxylic acids is 2. The van der Waals surface area contributed by atoms with Crippen LogP contribution in [0.3, 0.4) is 0 Å². The van der Waals surface area contributed by atoms with Crippen LogP contribution in [-0.2, 0) is 4.79 Å². The van der Waals surface area contributed by atoms with E-state index in [2.05, 4.69) is 5.32 Å². The summed E-state index contributed by atoms with van der Waals surface area (Å²) in [6.45, 7) is 2.12. The van der Waals surface area contributed by atoms with Crippen molar-refractivity contribution in [1.82, 2.24) is 9.80 Å². The molecule has 1 saturated heterocycles. The number of halogens is 2. The lowest BCUT2D eigenvalue weighted by atomic mass is 10.3. The number of nitrogens with one attached hydrogen (secondary N) is 1. The number of hydrogen-bond acceptors (Lipinski definition) is 3. The molecule has 154 valence electrons. The van der Waals surface area contributed by atoms with Gasteiger partial charge < -0.3 is 19.9 Å². The Kier molecular flexibility index (Phi) is 7.30. The first-order valence-corrected chi connectivity index (χ1v) is 9.87. The molecule has 1 aliphatic rings. The van der Waals surface area contributed by atoms with Gasteiger partial charge in [-0.2, -0.15) is 0 Å². The minimum atomic E-state index is -0.448. The predicted octanol–water partition coefficient (Wildman–Crippen LogP) is 4.01. The van der Waals surface area contributed by atoms with Gasteiger partial charge in [-0.05, 0) is 36.8 Å². The van der Waals surface area contributed by atoms with Crippen LogP contribution in [0.15, 0.2) is 48.5 Å². The monoisotopic (exact) mass is 419 g/mol. The van der Waals surface area contributed by atoms with Crippen LogP contribution in [0.5, 0.6) is 5.75 Å². The Morgan fingerprint density at radius 1 is 1.03 bits per heavy atom. The van der Waals surface area contributed by atoms with Crippen LogP contribution in [0.25, 0.3) is 0 Å². The van der Waals surface area contributed by atoms with E-state index in [0.717, 1.165) is 0 Å². The van der Waals surface area contributed by atoms with Crippen molar-refractivity contribution in [3.63, 3.8) is 0 Å². The molecule has 0 saturated carbocycles. The van der Waals surface area contributed by atoms with Crippen molar-refractivity contribution in [1.29, 1.82) is 0 Å². The molecular formula is C21H23ClFN3O3. The van der Waals surface area contributed by atoms with Gasteiger partial charge in [-0.1, -0.05) is 29.8 Å². The van der Waals surface area contributed by atoms with Crippen LogP contribution in [0.1, 0.15) is 12.8 Å². The van der Waals surface area contributed by atoms with Gasteiger partial charge in [-0.3, -0.25) is 4.79 Å². The summed E-state index contributed by atoms with van der Waals surface area (Å²) in [5, 5.41) is 3.37. The summed E-state index contributed by atoms with van der Waals surface area (Å²) in [4.78, 5) is 28.3. The van der Waals surface area contributed by atoms with Crippen LogP contribution in [0, 0.1) is 5.82 Å². The molecule has 6 nitrogen and oxygen atoms in total.